The summed E-state index contributed by atoms with van der Waals surface area (Å²) in [5.41, 5.74) is 4.64. The summed E-state index contributed by atoms with van der Waals surface area (Å²) < 4.78 is 1.64. The van der Waals surface area contributed by atoms with Crippen LogP contribution in [0, 0.1) is 0 Å². The van der Waals surface area contributed by atoms with E-state index in [1.807, 2.05) is 36.4 Å². The number of aromatic nitrogens is 3. The van der Waals surface area contributed by atoms with Gasteiger partial charge >= 0.3 is 0 Å². The third-order valence-electron chi connectivity index (χ3n) is 4.48. The topological polar surface area (TPSA) is 80.0 Å². The highest BCUT2D eigenvalue weighted by Crippen LogP contribution is 2.39. The van der Waals surface area contributed by atoms with Gasteiger partial charge in [-0.25, -0.2) is 5.48 Å². The molecule has 3 aromatic rings. The predicted octanol–water partition coefficient (Wildman–Crippen LogP) is 2.60. The van der Waals surface area contributed by atoms with Crippen molar-refractivity contribution in [3.05, 3.63) is 60.0 Å². The summed E-state index contributed by atoms with van der Waals surface area (Å²) >= 11 is 0. The summed E-state index contributed by atoms with van der Waals surface area (Å²) in [5, 5.41) is 14.5. The molecule has 2 N–H and O–H groups in total. The van der Waals surface area contributed by atoms with Crippen molar-refractivity contribution in [1.29, 1.82) is 0 Å². The molecule has 0 saturated heterocycles. The number of nitrogens with one attached hydrogen (secondary N) is 1. The van der Waals surface area contributed by atoms with Crippen LogP contribution in [-0.4, -0.2) is 25.9 Å². The summed E-state index contributed by atoms with van der Waals surface area (Å²) in [6.45, 7) is 0. The minimum Gasteiger partial charge on any atom is -0.289 e. The van der Waals surface area contributed by atoms with Crippen LogP contribution < -0.4 is 5.48 Å². The van der Waals surface area contributed by atoms with Crippen LogP contribution in [0.25, 0.3) is 10.9 Å². The molecular formula is C18H18N4O2. The zero-order chi connectivity index (χ0) is 16.5. The SMILES string of the molecule is O=C(NO)C(Cc1ccccc1)n1ncc2cc(C3CC3)ncc21. The lowest BCUT2D eigenvalue weighted by Crippen LogP contribution is -2.32. The molecule has 1 atom stereocenters. The molecule has 6 heteroatoms. The van der Waals surface area contributed by atoms with E-state index in [1.54, 1.807) is 22.6 Å². The van der Waals surface area contributed by atoms with Gasteiger partial charge in [0, 0.05) is 23.4 Å². The summed E-state index contributed by atoms with van der Waals surface area (Å²) in [4.78, 5) is 16.7. The van der Waals surface area contributed by atoms with E-state index in [9.17, 15) is 4.79 Å². The van der Waals surface area contributed by atoms with E-state index in [4.69, 9.17) is 5.21 Å². The Bertz CT molecular complexity index is 871. The molecule has 1 aliphatic rings. The Kier molecular flexibility index (Phi) is 3.74. The number of fused-ring (bicyclic) bond motifs is 1. The van der Waals surface area contributed by atoms with Crippen LogP contribution in [0.3, 0.4) is 0 Å². The van der Waals surface area contributed by atoms with E-state index in [0.29, 0.717) is 12.3 Å². The average molecular weight is 322 g/mol. The maximum absolute atomic E-state index is 12.2. The maximum atomic E-state index is 12.2. The predicted molar refractivity (Wildman–Crippen MR) is 88.6 cm³/mol. The summed E-state index contributed by atoms with van der Waals surface area (Å²) in [5.74, 6) is 0.0775. The molecule has 1 aliphatic carbocycles. The largest absolute Gasteiger partial charge is 0.289 e. The Morgan fingerprint density at radius 2 is 2.08 bits per heavy atom. The fourth-order valence-electron chi connectivity index (χ4n) is 3.01. The molecule has 24 heavy (non-hydrogen) atoms. The van der Waals surface area contributed by atoms with Gasteiger partial charge in [0.1, 0.15) is 6.04 Å². The van der Waals surface area contributed by atoms with E-state index in [1.165, 1.54) is 12.8 Å². The van der Waals surface area contributed by atoms with Gasteiger partial charge in [0.25, 0.3) is 5.91 Å². The molecule has 1 saturated carbocycles. The number of amides is 1. The lowest BCUT2D eigenvalue weighted by molar-refractivity contribution is -0.132. The van der Waals surface area contributed by atoms with Crippen molar-refractivity contribution in [3.8, 4) is 0 Å². The number of hydrogen-bond donors (Lipinski definition) is 2. The molecule has 2 aromatic heterocycles. The second-order valence-electron chi connectivity index (χ2n) is 6.21. The highest BCUT2D eigenvalue weighted by atomic mass is 16.5. The van der Waals surface area contributed by atoms with Gasteiger partial charge in [0.05, 0.1) is 17.9 Å². The first-order valence-corrected chi connectivity index (χ1v) is 8.07. The molecule has 2 heterocycles. The van der Waals surface area contributed by atoms with Crippen molar-refractivity contribution in [2.24, 2.45) is 0 Å². The lowest BCUT2D eigenvalue weighted by Gasteiger charge is -2.16. The average Bonchev–Trinajstić information content (AvgIpc) is 3.40. The van der Waals surface area contributed by atoms with Crippen molar-refractivity contribution in [1.82, 2.24) is 20.2 Å². The molecule has 0 spiro atoms. The van der Waals surface area contributed by atoms with E-state index >= 15 is 0 Å². The van der Waals surface area contributed by atoms with Crippen LogP contribution in [0.5, 0.6) is 0 Å². The minimum atomic E-state index is -0.636. The molecular weight excluding hydrogens is 304 g/mol. The molecule has 6 nitrogen and oxygen atoms in total. The van der Waals surface area contributed by atoms with Gasteiger partial charge in [-0.2, -0.15) is 5.10 Å². The van der Waals surface area contributed by atoms with Crippen molar-refractivity contribution < 1.29 is 10.0 Å². The Hall–Kier alpha value is -2.73. The number of rotatable bonds is 5. The summed E-state index contributed by atoms with van der Waals surface area (Å²) in [6, 6.07) is 11.1. The van der Waals surface area contributed by atoms with Crippen molar-refractivity contribution >= 4 is 16.8 Å². The second kappa shape index (κ2) is 6.05. The first kappa shape index (κ1) is 14.8. The number of benzene rings is 1. The number of carbonyl (C=O) groups excluding carboxylic acids is 1. The highest BCUT2D eigenvalue weighted by Gasteiger charge is 2.27. The first-order valence-electron chi connectivity index (χ1n) is 8.07. The molecule has 0 bridgehead atoms. The van der Waals surface area contributed by atoms with Crippen molar-refractivity contribution in [3.63, 3.8) is 0 Å². The number of hydroxylamine groups is 1. The highest BCUT2D eigenvalue weighted by molar-refractivity contribution is 5.84. The number of carbonyl (C=O) groups is 1. The van der Waals surface area contributed by atoms with E-state index in [2.05, 4.69) is 10.1 Å². The number of hydrogen-bond acceptors (Lipinski definition) is 4. The van der Waals surface area contributed by atoms with Crippen LogP contribution in [0.1, 0.15) is 36.1 Å². The number of pyridine rings is 1. The van der Waals surface area contributed by atoms with Crippen LogP contribution >= 0.6 is 0 Å². The van der Waals surface area contributed by atoms with Crippen LogP contribution in [0.2, 0.25) is 0 Å². The third-order valence-corrected chi connectivity index (χ3v) is 4.48. The summed E-state index contributed by atoms with van der Waals surface area (Å²) in [7, 11) is 0. The normalized spacial score (nSPS) is 15.4. The quantitative estimate of drug-likeness (QED) is 0.559. The van der Waals surface area contributed by atoms with Gasteiger partial charge in [-0.15, -0.1) is 0 Å². The molecule has 4 rings (SSSR count). The fourth-order valence-corrected chi connectivity index (χ4v) is 3.01. The minimum absolute atomic E-state index is 0.439. The molecule has 0 radical (unpaired) electrons. The first-order chi connectivity index (χ1) is 11.8. The molecule has 1 amide bonds. The molecule has 0 aliphatic heterocycles. The van der Waals surface area contributed by atoms with Gasteiger partial charge in [-0.3, -0.25) is 19.7 Å². The maximum Gasteiger partial charge on any atom is 0.268 e. The van der Waals surface area contributed by atoms with Gasteiger partial charge < -0.3 is 0 Å². The van der Waals surface area contributed by atoms with Crippen LogP contribution in [0.4, 0.5) is 0 Å². The molecule has 1 unspecified atom stereocenters. The second-order valence-corrected chi connectivity index (χ2v) is 6.21. The standard InChI is InChI=1S/C18H18N4O2/c23-18(21-24)16(8-12-4-2-1-3-5-12)22-17-11-19-15(13-6-7-13)9-14(17)10-20-22/h1-5,9-11,13,16,24H,6-8H2,(H,21,23). The zero-order valence-corrected chi connectivity index (χ0v) is 13.1. The van der Waals surface area contributed by atoms with Gasteiger partial charge in [-0.1, -0.05) is 30.3 Å². The third kappa shape index (κ3) is 2.76. The van der Waals surface area contributed by atoms with E-state index in [-0.39, 0.29) is 0 Å². The molecule has 122 valence electrons. The van der Waals surface area contributed by atoms with Crippen LogP contribution in [-0.2, 0) is 11.2 Å². The lowest BCUT2D eigenvalue weighted by atomic mass is 10.1. The van der Waals surface area contributed by atoms with Crippen LogP contribution in [0.15, 0.2) is 48.8 Å². The van der Waals surface area contributed by atoms with Crippen molar-refractivity contribution in [2.45, 2.75) is 31.2 Å². The Morgan fingerprint density at radius 3 is 2.79 bits per heavy atom. The van der Waals surface area contributed by atoms with Crippen molar-refractivity contribution in [2.75, 3.05) is 0 Å². The fraction of sp³-hybridized carbons (Fsp3) is 0.278. The van der Waals surface area contributed by atoms with Gasteiger partial charge in [-0.05, 0) is 24.5 Å². The van der Waals surface area contributed by atoms with Gasteiger partial charge in [0.15, 0.2) is 0 Å². The zero-order valence-electron chi connectivity index (χ0n) is 13.1. The van der Waals surface area contributed by atoms with E-state index in [0.717, 1.165) is 22.2 Å². The Labute approximate surface area is 139 Å². The smallest absolute Gasteiger partial charge is 0.268 e. The Balaban J connectivity index is 1.71. The molecule has 1 aromatic carbocycles. The molecule has 1 fully saturated rings. The van der Waals surface area contributed by atoms with E-state index < -0.39 is 11.9 Å². The summed E-state index contributed by atoms with van der Waals surface area (Å²) in [6.07, 6.45) is 6.35. The Morgan fingerprint density at radius 1 is 1.29 bits per heavy atom. The van der Waals surface area contributed by atoms with Gasteiger partial charge in [0.2, 0.25) is 0 Å². The monoisotopic (exact) mass is 322 g/mol. The number of nitrogens with zero attached hydrogens (tertiary/aromatic N) is 3.